The van der Waals surface area contributed by atoms with E-state index in [9.17, 15) is 4.79 Å². The molecule has 1 aliphatic heterocycles. The Morgan fingerprint density at radius 1 is 1.10 bits per heavy atom. The van der Waals surface area contributed by atoms with Crippen molar-refractivity contribution in [3.8, 4) is 0 Å². The Morgan fingerprint density at radius 3 is 2.48 bits per heavy atom. The Balaban J connectivity index is 1.78. The normalized spacial score (nSPS) is 16.2. The summed E-state index contributed by atoms with van der Waals surface area (Å²) in [4.78, 5) is 16.0. The number of carbonyl (C=O) groups excluding carboxylic acids is 1. The molecule has 1 aromatic rings. The minimum absolute atomic E-state index is 0.315. The van der Waals surface area contributed by atoms with E-state index in [-0.39, 0.29) is 0 Å². The summed E-state index contributed by atoms with van der Waals surface area (Å²) in [5.41, 5.74) is 4.18. The van der Waals surface area contributed by atoms with Gasteiger partial charge in [-0.1, -0.05) is 12.1 Å². The fourth-order valence-electron chi connectivity index (χ4n) is 3.00. The number of piperazine rings is 1. The van der Waals surface area contributed by atoms with E-state index in [0.29, 0.717) is 5.78 Å². The van der Waals surface area contributed by atoms with E-state index in [0.717, 1.165) is 52.0 Å². The third-order valence-electron chi connectivity index (χ3n) is 4.54. The maximum absolute atomic E-state index is 10.9. The second-order valence-electron chi connectivity index (χ2n) is 6.21. The molecular formula is C18H28N2O. The molecule has 1 aromatic carbocycles. The molecule has 0 aromatic heterocycles. The van der Waals surface area contributed by atoms with E-state index in [4.69, 9.17) is 0 Å². The van der Waals surface area contributed by atoms with Crippen LogP contribution in [0.1, 0.15) is 37.3 Å². The van der Waals surface area contributed by atoms with E-state index < -0.39 is 0 Å². The number of hydrogen-bond acceptors (Lipinski definition) is 3. The average Bonchev–Trinajstić information content (AvgIpc) is 2.47. The molecule has 3 nitrogen and oxygen atoms in total. The van der Waals surface area contributed by atoms with Crippen molar-refractivity contribution in [3.05, 3.63) is 29.3 Å². The lowest BCUT2D eigenvalue weighted by Crippen LogP contribution is -2.46. The van der Waals surface area contributed by atoms with Crippen molar-refractivity contribution in [2.75, 3.05) is 37.6 Å². The third-order valence-corrected chi connectivity index (χ3v) is 4.54. The van der Waals surface area contributed by atoms with Crippen LogP contribution in [0.3, 0.4) is 0 Å². The largest absolute Gasteiger partial charge is 0.369 e. The summed E-state index contributed by atoms with van der Waals surface area (Å²) in [5.74, 6) is 0.315. The Bertz CT molecular complexity index is 476. The first-order valence-corrected chi connectivity index (χ1v) is 8.11. The molecule has 1 saturated heterocycles. The van der Waals surface area contributed by atoms with Gasteiger partial charge >= 0.3 is 0 Å². The Labute approximate surface area is 128 Å². The number of benzene rings is 1. The van der Waals surface area contributed by atoms with Crippen molar-refractivity contribution in [1.82, 2.24) is 4.90 Å². The van der Waals surface area contributed by atoms with Gasteiger partial charge in [-0.05, 0) is 57.4 Å². The van der Waals surface area contributed by atoms with E-state index in [1.165, 1.54) is 16.8 Å². The lowest BCUT2D eigenvalue weighted by Gasteiger charge is -2.37. The first-order chi connectivity index (χ1) is 10.1. The predicted molar refractivity (Wildman–Crippen MR) is 89.1 cm³/mol. The number of nitrogens with zero attached hydrogens (tertiary/aromatic N) is 2. The molecule has 0 unspecified atom stereocenters. The molecule has 21 heavy (non-hydrogen) atoms. The van der Waals surface area contributed by atoms with Gasteiger partial charge in [-0.15, -0.1) is 0 Å². The standard InChI is InChI=1S/C18H28N2O/c1-15-7-6-9-18(17(15)3)20-13-11-19(12-14-20)10-5-4-8-16(2)21/h6-7,9H,4-5,8,10-14H2,1-3H3. The van der Waals surface area contributed by atoms with Crippen LogP contribution < -0.4 is 4.90 Å². The summed E-state index contributed by atoms with van der Waals surface area (Å²) in [5, 5.41) is 0. The van der Waals surface area contributed by atoms with Crippen molar-refractivity contribution < 1.29 is 4.79 Å². The van der Waals surface area contributed by atoms with Crippen LogP contribution in [0.2, 0.25) is 0 Å². The highest BCUT2D eigenvalue weighted by Gasteiger charge is 2.18. The minimum atomic E-state index is 0.315. The molecule has 0 spiro atoms. The summed E-state index contributed by atoms with van der Waals surface area (Å²) in [7, 11) is 0. The highest BCUT2D eigenvalue weighted by Crippen LogP contribution is 2.23. The molecule has 2 rings (SSSR count). The van der Waals surface area contributed by atoms with Crippen LogP contribution in [0.15, 0.2) is 18.2 Å². The van der Waals surface area contributed by atoms with Gasteiger partial charge in [0.25, 0.3) is 0 Å². The molecule has 1 heterocycles. The molecule has 1 aliphatic rings. The van der Waals surface area contributed by atoms with E-state index in [2.05, 4.69) is 41.8 Å². The van der Waals surface area contributed by atoms with Gasteiger partial charge < -0.3 is 9.69 Å². The zero-order valence-corrected chi connectivity index (χ0v) is 13.7. The average molecular weight is 288 g/mol. The highest BCUT2D eigenvalue weighted by atomic mass is 16.1. The van der Waals surface area contributed by atoms with Crippen molar-refractivity contribution >= 4 is 11.5 Å². The smallest absolute Gasteiger partial charge is 0.129 e. The van der Waals surface area contributed by atoms with Crippen molar-refractivity contribution in [1.29, 1.82) is 0 Å². The van der Waals surface area contributed by atoms with Gasteiger partial charge in [0.2, 0.25) is 0 Å². The summed E-state index contributed by atoms with van der Waals surface area (Å²) in [6.07, 6.45) is 2.91. The molecule has 0 aliphatic carbocycles. The molecule has 1 fully saturated rings. The van der Waals surface area contributed by atoms with Gasteiger partial charge in [-0.2, -0.15) is 0 Å². The molecule has 0 atom stereocenters. The number of rotatable bonds is 6. The van der Waals surface area contributed by atoms with Crippen molar-refractivity contribution in [2.24, 2.45) is 0 Å². The van der Waals surface area contributed by atoms with Crippen LogP contribution in [0, 0.1) is 13.8 Å². The zero-order valence-electron chi connectivity index (χ0n) is 13.7. The second-order valence-corrected chi connectivity index (χ2v) is 6.21. The van der Waals surface area contributed by atoms with Crippen molar-refractivity contribution in [2.45, 2.75) is 40.0 Å². The molecule has 0 bridgehead atoms. The summed E-state index contributed by atoms with van der Waals surface area (Å²) in [6, 6.07) is 6.58. The van der Waals surface area contributed by atoms with Gasteiger partial charge in [0.15, 0.2) is 0 Å². The first kappa shape index (κ1) is 16.0. The molecule has 0 radical (unpaired) electrons. The molecule has 116 valence electrons. The molecule has 3 heteroatoms. The fraction of sp³-hybridized carbons (Fsp3) is 0.611. The minimum Gasteiger partial charge on any atom is -0.369 e. The number of unbranched alkanes of at least 4 members (excludes halogenated alkanes) is 1. The van der Waals surface area contributed by atoms with Gasteiger partial charge in [-0.3, -0.25) is 4.90 Å². The van der Waals surface area contributed by atoms with Gasteiger partial charge in [0, 0.05) is 38.3 Å². The molecule has 0 amide bonds. The number of Topliss-reactive ketones (excluding diaryl/α,β-unsaturated/α-hetero) is 1. The number of ketones is 1. The highest BCUT2D eigenvalue weighted by molar-refractivity contribution is 5.75. The second kappa shape index (κ2) is 7.60. The summed E-state index contributed by atoms with van der Waals surface area (Å²) in [6.45, 7) is 11.7. The molecule has 0 N–H and O–H groups in total. The Morgan fingerprint density at radius 2 is 1.81 bits per heavy atom. The lowest BCUT2D eigenvalue weighted by molar-refractivity contribution is -0.117. The van der Waals surface area contributed by atoms with Gasteiger partial charge in [0.1, 0.15) is 5.78 Å². The topological polar surface area (TPSA) is 23.6 Å². The van der Waals surface area contributed by atoms with Crippen LogP contribution in [0.25, 0.3) is 0 Å². The predicted octanol–water partition coefficient (Wildman–Crippen LogP) is 3.18. The van der Waals surface area contributed by atoms with E-state index >= 15 is 0 Å². The maximum atomic E-state index is 10.9. The SMILES string of the molecule is CC(=O)CCCCN1CCN(c2cccc(C)c2C)CC1. The third kappa shape index (κ3) is 4.57. The van der Waals surface area contributed by atoms with Crippen LogP contribution in [0.4, 0.5) is 5.69 Å². The Hall–Kier alpha value is -1.35. The van der Waals surface area contributed by atoms with Gasteiger partial charge in [0.05, 0.1) is 0 Å². The first-order valence-electron chi connectivity index (χ1n) is 8.11. The maximum Gasteiger partial charge on any atom is 0.129 e. The number of aryl methyl sites for hydroxylation is 1. The van der Waals surface area contributed by atoms with Crippen LogP contribution in [0.5, 0.6) is 0 Å². The number of anilines is 1. The van der Waals surface area contributed by atoms with Crippen LogP contribution >= 0.6 is 0 Å². The molecular weight excluding hydrogens is 260 g/mol. The monoisotopic (exact) mass is 288 g/mol. The zero-order chi connectivity index (χ0) is 15.2. The van der Waals surface area contributed by atoms with E-state index in [1.54, 1.807) is 6.92 Å². The number of carbonyl (C=O) groups is 1. The van der Waals surface area contributed by atoms with E-state index in [1.807, 2.05) is 0 Å². The van der Waals surface area contributed by atoms with Gasteiger partial charge in [-0.25, -0.2) is 0 Å². The van der Waals surface area contributed by atoms with Crippen LogP contribution in [-0.4, -0.2) is 43.4 Å². The summed E-state index contributed by atoms with van der Waals surface area (Å²) < 4.78 is 0. The quantitative estimate of drug-likeness (QED) is 0.751. The summed E-state index contributed by atoms with van der Waals surface area (Å²) >= 11 is 0. The fourth-order valence-corrected chi connectivity index (χ4v) is 3.00. The Kier molecular flexibility index (Phi) is 5.80. The van der Waals surface area contributed by atoms with Crippen LogP contribution in [-0.2, 0) is 4.79 Å². The lowest BCUT2D eigenvalue weighted by atomic mass is 10.1. The molecule has 0 saturated carbocycles. The number of hydrogen-bond donors (Lipinski definition) is 0. The van der Waals surface area contributed by atoms with Crippen molar-refractivity contribution in [3.63, 3.8) is 0 Å².